The normalized spacial score (nSPS) is 34.0. The maximum Gasteiger partial charge on any atom is 0.0689 e. The lowest BCUT2D eigenvalue weighted by atomic mass is 9.66. The zero-order valence-corrected chi connectivity index (χ0v) is 16.5. The Morgan fingerprint density at radius 3 is 1.88 bits per heavy atom. The van der Waals surface area contributed by atoms with E-state index in [4.69, 9.17) is 0 Å². The molecule has 2 rings (SSSR count). The fourth-order valence-electron chi connectivity index (χ4n) is 5.32. The third-order valence-electron chi connectivity index (χ3n) is 7.21. The van der Waals surface area contributed by atoms with Gasteiger partial charge in [-0.05, 0) is 56.3 Å². The van der Waals surface area contributed by atoms with Crippen LogP contribution in [0.5, 0.6) is 0 Å². The number of nitrogens with zero attached hydrogens (tertiary/aromatic N) is 1. The van der Waals surface area contributed by atoms with E-state index in [1.54, 1.807) is 0 Å². The minimum absolute atomic E-state index is 0.0439. The molecule has 2 aliphatic carbocycles. The lowest BCUT2D eigenvalue weighted by molar-refractivity contribution is 0.163. The first-order valence-corrected chi connectivity index (χ1v) is 11.1. The molecule has 0 bridgehead atoms. The summed E-state index contributed by atoms with van der Waals surface area (Å²) < 4.78 is 0. The highest BCUT2D eigenvalue weighted by molar-refractivity contribution is 5.01. The highest BCUT2D eigenvalue weighted by atomic mass is 14.4. The van der Waals surface area contributed by atoms with E-state index in [2.05, 4.69) is 19.9 Å². The lowest BCUT2D eigenvalue weighted by Crippen LogP contribution is -2.27. The molecule has 0 amide bonds. The van der Waals surface area contributed by atoms with Gasteiger partial charge in [0.15, 0.2) is 0 Å². The highest BCUT2D eigenvalue weighted by Crippen LogP contribution is 2.45. The van der Waals surface area contributed by atoms with Crippen LogP contribution in [0.4, 0.5) is 0 Å². The summed E-state index contributed by atoms with van der Waals surface area (Å²) in [7, 11) is 0. The second-order valence-corrected chi connectivity index (χ2v) is 9.05. The summed E-state index contributed by atoms with van der Waals surface area (Å²) in [6.07, 6.45) is 21.7. The predicted molar refractivity (Wildman–Crippen MR) is 104 cm³/mol. The Hall–Kier alpha value is -0.510. The Kier molecular flexibility index (Phi) is 8.65. The Balaban J connectivity index is 1.67. The molecule has 0 spiro atoms. The first kappa shape index (κ1) is 19.8. The van der Waals surface area contributed by atoms with Crippen LogP contribution >= 0.6 is 0 Å². The maximum absolute atomic E-state index is 9.80. The molecule has 0 aromatic carbocycles. The van der Waals surface area contributed by atoms with E-state index in [9.17, 15) is 5.26 Å². The van der Waals surface area contributed by atoms with Crippen molar-refractivity contribution in [3.05, 3.63) is 0 Å². The standard InChI is InChI=1S/C23H41N/c1-3-5-6-8-21-9-11-22(12-10-21)15-18-23(19-24)16-13-20(7-4-2)14-17-23/h20-22H,3-18H2,1-2H3. The summed E-state index contributed by atoms with van der Waals surface area (Å²) in [5, 5.41) is 9.80. The molecular weight excluding hydrogens is 290 g/mol. The monoisotopic (exact) mass is 331 g/mol. The van der Waals surface area contributed by atoms with Crippen molar-refractivity contribution >= 4 is 0 Å². The van der Waals surface area contributed by atoms with Crippen molar-refractivity contribution in [2.24, 2.45) is 23.2 Å². The van der Waals surface area contributed by atoms with Crippen molar-refractivity contribution in [1.82, 2.24) is 0 Å². The molecule has 0 unspecified atom stereocenters. The average molecular weight is 332 g/mol. The molecule has 0 heterocycles. The van der Waals surface area contributed by atoms with Gasteiger partial charge in [-0.2, -0.15) is 5.26 Å². The number of unbranched alkanes of at least 4 members (excludes halogenated alkanes) is 2. The number of hydrogen-bond acceptors (Lipinski definition) is 1. The second kappa shape index (κ2) is 10.5. The fourth-order valence-corrected chi connectivity index (χ4v) is 5.32. The van der Waals surface area contributed by atoms with Gasteiger partial charge < -0.3 is 0 Å². The van der Waals surface area contributed by atoms with Gasteiger partial charge in [0, 0.05) is 0 Å². The molecule has 0 N–H and O–H groups in total. The Morgan fingerprint density at radius 2 is 1.33 bits per heavy atom. The second-order valence-electron chi connectivity index (χ2n) is 9.05. The van der Waals surface area contributed by atoms with Crippen molar-refractivity contribution in [2.75, 3.05) is 0 Å². The topological polar surface area (TPSA) is 23.8 Å². The van der Waals surface area contributed by atoms with E-state index in [1.807, 2.05) is 0 Å². The van der Waals surface area contributed by atoms with Gasteiger partial charge in [-0.15, -0.1) is 0 Å². The number of nitriles is 1. The van der Waals surface area contributed by atoms with Crippen LogP contribution in [0, 0.1) is 34.5 Å². The van der Waals surface area contributed by atoms with Crippen LogP contribution in [-0.2, 0) is 0 Å². The molecule has 1 heteroatoms. The van der Waals surface area contributed by atoms with Gasteiger partial charge in [0.25, 0.3) is 0 Å². The quantitative estimate of drug-likeness (QED) is 0.398. The summed E-state index contributed by atoms with van der Waals surface area (Å²) in [4.78, 5) is 0. The average Bonchev–Trinajstić information content (AvgIpc) is 2.63. The summed E-state index contributed by atoms with van der Waals surface area (Å²) in [5.74, 6) is 2.85. The molecule has 2 aliphatic rings. The van der Waals surface area contributed by atoms with E-state index in [1.165, 1.54) is 103 Å². The SMILES string of the molecule is CCCCCC1CCC(CCC2(C#N)CCC(CCC)CC2)CC1. The minimum atomic E-state index is 0.0439. The van der Waals surface area contributed by atoms with Crippen LogP contribution in [0.15, 0.2) is 0 Å². The summed E-state index contributed by atoms with van der Waals surface area (Å²) >= 11 is 0. The molecule has 0 aliphatic heterocycles. The molecule has 24 heavy (non-hydrogen) atoms. The van der Waals surface area contributed by atoms with Crippen molar-refractivity contribution in [3.63, 3.8) is 0 Å². The van der Waals surface area contributed by atoms with E-state index in [-0.39, 0.29) is 5.41 Å². The van der Waals surface area contributed by atoms with Crippen LogP contribution in [0.3, 0.4) is 0 Å². The van der Waals surface area contributed by atoms with Crippen LogP contribution in [0.1, 0.15) is 117 Å². The molecule has 2 saturated carbocycles. The smallest absolute Gasteiger partial charge is 0.0689 e. The van der Waals surface area contributed by atoms with Crippen LogP contribution in [0.2, 0.25) is 0 Å². The fraction of sp³-hybridized carbons (Fsp3) is 0.957. The Labute approximate surface area is 151 Å². The predicted octanol–water partition coefficient (Wildman–Crippen LogP) is 7.65. The summed E-state index contributed by atoms with van der Waals surface area (Å²) in [6, 6.07) is 2.76. The maximum atomic E-state index is 9.80. The first-order valence-electron chi connectivity index (χ1n) is 11.1. The molecule has 0 aromatic rings. The number of hydrogen-bond donors (Lipinski definition) is 0. The molecule has 138 valence electrons. The van der Waals surface area contributed by atoms with Gasteiger partial charge >= 0.3 is 0 Å². The summed E-state index contributed by atoms with van der Waals surface area (Å²) in [5.41, 5.74) is 0.0439. The molecule has 0 atom stereocenters. The van der Waals surface area contributed by atoms with Crippen molar-refractivity contribution in [1.29, 1.82) is 5.26 Å². The molecular formula is C23H41N. The largest absolute Gasteiger partial charge is 0.198 e. The Bertz CT molecular complexity index is 364. The van der Waals surface area contributed by atoms with Gasteiger partial charge in [0.2, 0.25) is 0 Å². The van der Waals surface area contributed by atoms with Gasteiger partial charge in [0.05, 0.1) is 11.5 Å². The van der Waals surface area contributed by atoms with Crippen molar-refractivity contribution in [3.8, 4) is 6.07 Å². The van der Waals surface area contributed by atoms with Gasteiger partial charge in [-0.25, -0.2) is 0 Å². The Morgan fingerprint density at radius 1 is 0.750 bits per heavy atom. The third kappa shape index (κ3) is 6.09. The third-order valence-corrected chi connectivity index (χ3v) is 7.21. The molecule has 0 radical (unpaired) electrons. The van der Waals surface area contributed by atoms with Crippen LogP contribution < -0.4 is 0 Å². The van der Waals surface area contributed by atoms with Crippen LogP contribution in [0.25, 0.3) is 0 Å². The van der Waals surface area contributed by atoms with Crippen LogP contribution in [-0.4, -0.2) is 0 Å². The molecule has 2 fully saturated rings. The van der Waals surface area contributed by atoms with E-state index in [0.29, 0.717) is 0 Å². The van der Waals surface area contributed by atoms with Gasteiger partial charge in [0.1, 0.15) is 0 Å². The van der Waals surface area contributed by atoms with Crippen molar-refractivity contribution in [2.45, 2.75) is 117 Å². The van der Waals surface area contributed by atoms with Gasteiger partial charge in [-0.1, -0.05) is 78.1 Å². The molecule has 1 nitrogen and oxygen atoms in total. The first-order chi connectivity index (χ1) is 11.7. The zero-order valence-electron chi connectivity index (χ0n) is 16.5. The molecule has 0 saturated heterocycles. The number of rotatable bonds is 9. The molecule has 0 aromatic heterocycles. The van der Waals surface area contributed by atoms with E-state index in [0.717, 1.165) is 17.8 Å². The van der Waals surface area contributed by atoms with Crippen molar-refractivity contribution < 1.29 is 0 Å². The lowest BCUT2D eigenvalue weighted by Gasteiger charge is -2.37. The van der Waals surface area contributed by atoms with Gasteiger partial charge in [-0.3, -0.25) is 0 Å². The minimum Gasteiger partial charge on any atom is -0.198 e. The highest BCUT2D eigenvalue weighted by Gasteiger charge is 2.35. The van der Waals surface area contributed by atoms with E-state index < -0.39 is 0 Å². The van der Waals surface area contributed by atoms with E-state index >= 15 is 0 Å². The zero-order chi connectivity index (χ0) is 17.3. The summed E-state index contributed by atoms with van der Waals surface area (Å²) in [6.45, 7) is 4.60.